The Balaban J connectivity index is 1.47. The smallest absolute Gasteiger partial charge is 0.317 e. The normalized spacial score (nSPS) is 31.5. The van der Waals surface area contributed by atoms with Gasteiger partial charge in [0.05, 0.1) is 6.10 Å². The van der Waals surface area contributed by atoms with E-state index in [9.17, 15) is 9.90 Å². The zero-order valence-corrected chi connectivity index (χ0v) is 14.4. The first kappa shape index (κ1) is 15.8. The van der Waals surface area contributed by atoms with Crippen molar-refractivity contribution >= 4 is 22.0 Å². The molecular weight excluding hydrogens is 344 g/mol. The molecule has 1 aliphatic carbocycles. The van der Waals surface area contributed by atoms with Crippen LogP contribution >= 0.6 is 15.9 Å². The first-order chi connectivity index (χ1) is 10.5. The van der Waals surface area contributed by atoms with E-state index in [0.29, 0.717) is 18.4 Å². The average molecular weight is 367 g/mol. The molecule has 3 rings (SSSR count). The largest absolute Gasteiger partial charge is 0.391 e. The second-order valence-corrected chi connectivity index (χ2v) is 7.68. The summed E-state index contributed by atoms with van der Waals surface area (Å²) in [6, 6.07) is 8.67. The summed E-state index contributed by atoms with van der Waals surface area (Å²) >= 11 is 3.45. The van der Waals surface area contributed by atoms with E-state index in [1.165, 1.54) is 5.56 Å². The van der Waals surface area contributed by atoms with Gasteiger partial charge < -0.3 is 15.3 Å². The Labute approximate surface area is 140 Å². The number of amides is 2. The molecule has 0 bridgehead atoms. The Bertz CT molecular complexity index is 518. The minimum absolute atomic E-state index is 0.0233. The van der Waals surface area contributed by atoms with Crippen molar-refractivity contribution in [1.82, 2.24) is 10.2 Å². The highest BCUT2D eigenvalue weighted by Gasteiger charge is 2.33. The van der Waals surface area contributed by atoms with Crippen LogP contribution in [0.2, 0.25) is 0 Å². The van der Waals surface area contributed by atoms with Crippen LogP contribution in [0.25, 0.3) is 0 Å². The predicted molar refractivity (Wildman–Crippen MR) is 89.8 cm³/mol. The van der Waals surface area contributed by atoms with Gasteiger partial charge in [0.1, 0.15) is 0 Å². The summed E-state index contributed by atoms with van der Waals surface area (Å²) in [4.78, 5) is 14.0. The van der Waals surface area contributed by atoms with Crippen LogP contribution in [0.4, 0.5) is 4.79 Å². The molecule has 1 heterocycles. The standard InChI is InChI=1S/C17H23BrN2O2/c1-11-6-16(21)10-20(9-11)17(22)19-15-7-13(8-15)12-2-4-14(18)5-3-12/h2-5,11,13,15-16,21H,6-10H2,1H3,(H,19,22)/t11-,13?,15?,16+/m1/s1. The van der Waals surface area contributed by atoms with Crippen molar-refractivity contribution in [2.45, 2.75) is 44.2 Å². The van der Waals surface area contributed by atoms with E-state index in [1.54, 1.807) is 4.90 Å². The molecule has 2 amide bonds. The molecule has 0 spiro atoms. The minimum Gasteiger partial charge on any atom is -0.391 e. The number of likely N-dealkylation sites (tertiary alicyclic amines) is 1. The van der Waals surface area contributed by atoms with Gasteiger partial charge in [0.15, 0.2) is 0 Å². The third kappa shape index (κ3) is 3.63. The first-order valence-electron chi connectivity index (χ1n) is 8.00. The first-order valence-corrected chi connectivity index (χ1v) is 8.79. The molecule has 0 aromatic heterocycles. The number of piperidine rings is 1. The average Bonchev–Trinajstić information content (AvgIpc) is 2.42. The number of carbonyl (C=O) groups excluding carboxylic acids is 1. The lowest BCUT2D eigenvalue weighted by molar-refractivity contribution is 0.0584. The third-order valence-electron chi connectivity index (χ3n) is 4.73. The molecule has 1 aliphatic heterocycles. The van der Waals surface area contributed by atoms with Crippen molar-refractivity contribution in [2.75, 3.05) is 13.1 Å². The van der Waals surface area contributed by atoms with Crippen molar-refractivity contribution < 1.29 is 9.90 Å². The van der Waals surface area contributed by atoms with Crippen LogP contribution < -0.4 is 5.32 Å². The number of hydrogen-bond acceptors (Lipinski definition) is 2. The van der Waals surface area contributed by atoms with Gasteiger partial charge >= 0.3 is 6.03 Å². The van der Waals surface area contributed by atoms with Crippen LogP contribution in [0.15, 0.2) is 28.7 Å². The molecule has 120 valence electrons. The Morgan fingerprint density at radius 2 is 1.91 bits per heavy atom. The molecule has 1 aromatic carbocycles. The number of nitrogens with zero attached hydrogens (tertiary/aromatic N) is 1. The van der Waals surface area contributed by atoms with E-state index in [-0.39, 0.29) is 18.2 Å². The number of benzene rings is 1. The number of halogens is 1. The quantitative estimate of drug-likeness (QED) is 0.844. The van der Waals surface area contributed by atoms with E-state index in [0.717, 1.165) is 30.3 Å². The molecule has 0 unspecified atom stereocenters. The number of aliphatic hydroxyl groups excluding tert-OH is 1. The number of β-amino-alcohol motifs (C(OH)–C–C–N with tert-alkyl or cyclic N) is 1. The molecule has 1 aromatic rings. The van der Waals surface area contributed by atoms with Crippen molar-refractivity contribution in [1.29, 1.82) is 0 Å². The van der Waals surface area contributed by atoms with Crippen molar-refractivity contribution in [3.05, 3.63) is 34.3 Å². The Morgan fingerprint density at radius 3 is 2.55 bits per heavy atom. The maximum atomic E-state index is 12.3. The highest BCUT2D eigenvalue weighted by Crippen LogP contribution is 2.37. The minimum atomic E-state index is -0.383. The van der Waals surface area contributed by atoms with Gasteiger partial charge in [-0.2, -0.15) is 0 Å². The lowest BCUT2D eigenvalue weighted by Crippen LogP contribution is -2.54. The molecule has 1 saturated carbocycles. The summed E-state index contributed by atoms with van der Waals surface area (Å²) in [5, 5.41) is 12.9. The number of rotatable bonds is 2. The maximum absolute atomic E-state index is 12.3. The van der Waals surface area contributed by atoms with Crippen LogP contribution in [0.5, 0.6) is 0 Å². The molecule has 2 aliphatic rings. The fraction of sp³-hybridized carbons (Fsp3) is 0.588. The molecule has 2 atom stereocenters. The number of hydrogen-bond donors (Lipinski definition) is 2. The molecule has 2 fully saturated rings. The zero-order chi connectivity index (χ0) is 15.7. The fourth-order valence-electron chi connectivity index (χ4n) is 3.49. The number of nitrogens with one attached hydrogen (secondary N) is 1. The van der Waals surface area contributed by atoms with E-state index in [2.05, 4.69) is 52.4 Å². The highest BCUT2D eigenvalue weighted by molar-refractivity contribution is 9.10. The lowest BCUT2D eigenvalue weighted by Gasteiger charge is -2.39. The van der Waals surface area contributed by atoms with Crippen molar-refractivity contribution in [3.8, 4) is 0 Å². The lowest BCUT2D eigenvalue weighted by atomic mass is 9.76. The van der Waals surface area contributed by atoms with Crippen molar-refractivity contribution in [2.24, 2.45) is 5.92 Å². The van der Waals surface area contributed by atoms with Gasteiger partial charge in [-0.25, -0.2) is 4.79 Å². The van der Waals surface area contributed by atoms with Crippen LogP contribution in [0, 0.1) is 5.92 Å². The molecule has 4 nitrogen and oxygen atoms in total. The van der Waals surface area contributed by atoms with Crippen LogP contribution in [0.1, 0.15) is 37.7 Å². The summed E-state index contributed by atoms with van der Waals surface area (Å²) in [6.07, 6.45) is 2.41. The molecule has 5 heteroatoms. The second kappa shape index (κ2) is 6.59. The van der Waals surface area contributed by atoms with Gasteiger partial charge in [0, 0.05) is 23.6 Å². The number of aliphatic hydroxyl groups is 1. The highest BCUT2D eigenvalue weighted by atomic mass is 79.9. The van der Waals surface area contributed by atoms with Gasteiger partial charge in [-0.15, -0.1) is 0 Å². The molecule has 22 heavy (non-hydrogen) atoms. The number of carbonyl (C=O) groups is 1. The topological polar surface area (TPSA) is 52.6 Å². The Hall–Kier alpha value is -1.07. The number of urea groups is 1. The molecular formula is C17H23BrN2O2. The van der Waals surface area contributed by atoms with E-state index >= 15 is 0 Å². The van der Waals surface area contributed by atoms with Gasteiger partial charge in [0.25, 0.3) is 0 Å². The Morgan fingerprint density at radius 1 is 1.23 bits per heavy atom. The monoisotopic (exact) mass is 366 g/mol. The van der Waals surface area contributed by atoms with Gasteiger partial charge in [-0.3, -0.25) is 0 Å². The van der Waals surface area contributed by atoms with Gasteiger partial charge in [0.2, 0.25) is 0 Å². The third-order valence-corrected chi connectivity index (χ3v) is 5.26. The fourth-order valence-corrected chi connectivity index (χ4v) is 3.76. The SMILES string of the molecule is C[C@@H]1C[C@H](O)CN(C(=O)NC2CC(c3ccc(Br)cc3)C2)C1. The van der Waals surface area contributed by atoms with E-state index < -0.39 is 0 Å². The second-order valence-electron chi connectivity index (χ2n) is 6.77. The maximum Gasteiger partial charge on any atom is 0.317 e. The van der Waals surface area contributed by atoms with Gasteiger partial charge in [-0.05, 0) is 48.8 Å². The summed E-state index contributed by atoms with van der Waals surface area (Å²) in [7, 11) is 0. The molecule has 0 radical (unpaired) electrons. The summed E-state index contributed by atoms with van der Waals surface area (Å²) in [6.45, 7) is 3.28. The summed E-state index contributed by atoms with van der Waals surface area (Å²) in [5.74, 6) is 0.913. The van der Waals surface area contributed by atoms with Crippen LogP contribution in [-0.4, -0.2) is 41.3 Å². The van der Waals surface area contributed by atoms with Crippen LogP contribution in [0.3, 0.4) is 0 Å². The van der Waals surface area contributed by atoms with Crippen LogP contribution in [-0.2, 0) is 0 Å². The summed E-state index contributed by atoms with van der Waals surface area (Å²) < 4.78 is 1.10. The molecule has 1 saturated heterocycles. The molecule has 2 N–H and O–H groups in total. The van der Waals surface area contributed by atoms with E-state index in [4.69, 9.17) is 0 Å². The Kier molecular flexibility index (Phi) is 4.73. The van der Waals surface area contributed by atoms with E-state index in [1.807, 2.05) is 0 Å². The summed E-state index contributed by atoms with van der Waals surface area (Å²) in [5.41, 5.74) is 1.34. The van der Waals surface area contributed by atoms with Gasteiger partial charge in [-0.1, -0.05) is 35.0 Å². The predicted octanol–water partition coefficient (Wildman–Crippen LogP) is 3.11. The van der Waals surface area contributed by atoms with Crippen molar-refractivity contribution in [3.63, 3.8) is 0 Å². The zero-order valence-electron chi connectivity index (χ0n) is 12.8.